The molecule has 0 radical (unpaired) electrons. The van der Waals surface area contributed by atoms with Crippen LogP contribution >= 0.6 is 11.6 Å². The van der Waals surface area contributed by atoms with Gasteiger partial charge in [0, 0.05) is 22.6 Å². The van der Waals surface area contributed by atoms with Gasteiger partial charge in [0.2, 0.25) is 0 Å². The molecule has 4 nitrogen and oxygen atoms in total. The molecule has 1 amide bonds. The van der Waals surface area contributed by atoms with Gasteiger partial charge in [-0.15, -0.1) is 0 Å². The molecule has 5 heteroatoms. The van der Waals surface area contributed by atoms with Crippen molar-refractivity contribution in [2.75, 3.05) is 6.54 Å². The Morgan fingerprint density at radius 2 is 1.83 bits per heavy atom. The van der Waals surface area contributed by atoms with Gasteiger partial charge in [-0.1, -0.05) is 60.1 Å². The Morgan fingerprint density at radius 1 is 1.10 bits per heavy atom. The lowest BCUT2D eigenvalue weighted by Gasteiger charge is -2.16. The fraction of sp³-hybridized carbons (Fsp3) is 0.240. The average molecular weight is 422 g/mol. The van der Waals surface area contributed by atoms with Crippen molar-refractivity contribution in [3.63, 3.8) is 0 Å². The number of halogens is 1. The third kappa shape index (κ3) is 4.44. The summed E-state index contributed by atoms with van der Waals surface area (Å²) in [6.07, 6.45) is 0.0736. The first-order valence-electron chi connectivity index (χ1n) is 10.0. The van der Waals surface area contributed by atoms with Crippen molar-refractivity contribution in [3.8, 4) is 16.9 Å². The first-order valence-corrected chi connectivity index (χ1v) is 10.4. The van der Waals surface area contributed by atoms with E-state index < -0.39 is 6.09 Å². The second kappa shape index (κ2) is 8.80. The van der Waals surface area contributed by atoms with Crippen molar-refractivity contribution in [1.82, 2.24) is 5.32 Å². The molecule has 0 aliphatic carbocycles. The highest BCUT2D eigenvalue weighted by molar-refractivity contribution is 6.31. The monoisotopic (exact) mass is 421 g/mol. The predicted molar refractivity (Wildman–Crippen MR) is 119 cm³/mol. The Kier molecular flexibility index (Phi) is 5.96. The number of alkyl carbamates (subject to hydrolysis) is 1. The molecule has 1 heterocycles. The van der Waals surface area contributed by atoms with E-state index in [2.05, 4.69) is 31.3 Å². The summed E-state index contributed by atoms with van der Waals surface area (Å²) in [5, 5.41) is 3.49. The molecular weight excluding hydrogens is 398 g/mol. The fourth-order valence-electron chi connectivity index (χ4n) is 3.90. The van der Waals surface area contributed by atoms with E-state index >= 15 is 0 Å². The number of amides is 1. The van der Waals surface area contributed by atoms with Crippen molar-refractivity contribution < 1.29 is 14.3 Å². The van der Waals surface area contributed by atoms with Crippen molar-refractivity contribution in [3.05, 3.63) is 87.9 Å². The first-order chi connectivity index (χ1) is 14.5. The average Bonchev–Trinajstić information content (AvgIpc) is 3.14. The van der Waals surface area contributed by atoms with Crippen LogP contribution in [-0.4, -0.2) is 18.7 Å². The zero-order chi connectivity index (χ0) is 21.1. The van der Waals surface area contributed by atoms with Crippen LogP contribution in [0, 0.1) is 13.8 Å². The van der Waals surface area contributed by atoms with Crippen LogP contribution in [0.1, 0.15) is 22.3 Å². The zero-order valence-electron chi connectivity index (χ0n) is 17.1. The van der Waals surface area contributed by atoms with E-state index in [9.17, 15) is 4.79 Å². The minimum atomic E-state index is -0.452. The van der Waals surface area contributed by atoms with Gasteiger partial charge in [-0.05, 0) is 48.2 Å². The number of aryl methyl sites for hydroxylation is 2. The zero-order valence-corrected chi connectivity index (χ0v) is 17.8. The van der Waals surface area contributed by atoms with E-state index in [4.69, 9.17) is 21.1 Å². The smallest absolute Gasteiger partial charge is 0.407 e. The number of nitrogens with one attached hydrogen (secondary N) is 1. The Bertz CT molecular complexity index is 1050. The molecule has 0 saturated heterocycles. The summed E-state index contributed by atoms with van der Waals surface area (Å²) in [4.78, 5) is 12.1. The summed E-state index contributed by atoms with van der Waals surface area (Å²) < 4.78 is 11.5. The molecule has 3 aromatic rings. The summed E-state index contributed by atoms with van der Waals surface area (Å²) >= 11 is 6.41. The second-order valence-corrected chi connectivity index (χ2v) is 8.03. The standard InChI is InChI=1S/C25H24ClNO3/c1-16-7-6-8-17(2)23(16)22-13-20(26)11-19-12-21(30-24(19)22)14-27-25(28)29-15-18-9-4-3-5-10-18/h3-11,13,21H,12,14-15H2,1-2H3,(H,27,28). The van der Waals surface area contributed by atoms with Gasteiger partial charge in [-0.3, -0.25) is 0 Å². The lowest BCUT2D eigenvalue weighted by molar-refractivity contribution is 0.133. The lowest BCUT2D eigenvalue weighted by Crippen LogP contribution is -2.34. The Hall–Kier alpha value is -2.98. The molecule has 3 aromatic carbocycles. The summed E-state index contributed by atoms with van der Waals surface area (Å²) in [7, 11) is 0. The highest BCUT2D eigenvalue weighted by atomic mass is 35.5. The van der Waals surface area contributed by atoms with Gasteiger partial charge in [0.25, 0.3) is 0 Å². The van der Waals surface area contributed by atoms with Crippen LogP contribution in [0.15, 0.2) is 60.7 Å². The van der Waals surface area contributed by atoms with E-state index in [1.165, 1.54) is 11.1 Å². The van der Waals surface area contributed by atoms with Crippen LogP contribution < -0.4 is 10.1 Å². The van der Waals surface area contributed by atoms with Crippen molar-refractivity contribution in [1.29, 1.82) is 0 Å². The third-order valence-electron chi connectivity index (χ3n) is 5.30. The molecule has 1 aliphatic heterocycles. The predicted octanol–water partition coefficient (Wildman–Crippen LogP) is 5.85. The minimum Gasteiger partial charge on any atom is -0.487 e. The van der Waals surface area contributed by atoms with Crippen molar-refractivity contribution in [2.24, 2.45) is 0 Å². The highest BCUT2D eigenvalue weighted by Crippen LogP contribution is 2.43. The molecule has 0 bridgehead atoms. The maximum absolute atomic E-state index is 12.1. The fourth-order valence-corrected chi connectivity index (χ4v) is 4.15. The number of rotatable bonds is 5. The van der Waals surface area contributed by atoms with Crippen LogP contribution in [0.5, 0.6) is 5.75 Å². The topological polar surface area (TPSA) is 47.6 Å². The van der Waals surface area contributed by atoms with Crippen LogP contribution in [0.3, 0.4) is 0 Å². The second-order valence-electron chi connectivity index (χ2n) is 7.60. The van der Waals surface area contributed by atoms with Gasteiger partial charge in [-0.25, -0.2) is 4.79 Å². The maximum atomic E-state index is 12.1. The summed E-state index contributed by atoms with van der Waals surface area (Å²) in [6, 6.07) is 19.7. The molecule has 1 unspecified atom stereocenters. The number of benzene rings is 3. The number of ether oxygens (including phenoxy) is 2. The first kappa shape index (κ1) is 20.3. The van der Waals surface area contributed by atoms with Gasteiger partial charge in [-0.2, -0.15) is 0 Å². The maximum Gasteiger partial charge on any atom is 0.407 e. The number of fused-ring (bicyclic) bond motifs is 1. The van der Waals surface area contributed by atoms with Gasteiger partial charge in [0.1, 0.15) is 18.5 Å². The molecule has 0 fully saturated rings. The minimum absolute atomic E-state index is 0.161. The van der Waals surface area contributed by atoms with Gasteiger partial charge in [0.15, 0.2) is 0 Å². The molecule has 0 saturated carbocycles. The SMILES string of the molecule is Cc1cccc(C)c1-c1cc(Cl)cc2c1OC(CNC(=O)OCc1ccccc1)C2. The third-order valence-corrected chi connectivity index (χ3v) is 5.52. The van der Waals surface area contributed by atoms with E-state index in [0.717, 1.165) is 28.0 Å². The van der Waals surface area contributed by atoms with Crippen molar-refractivity contribution in [2.45, 2.75) is 33.0 Å². The lowest BCUT2D eigenvalue weighted by atomic mass is 9.93. The Morgan fingerprint density at radius 3 is 2.57 bits per heavy atom. The largest absolute Gasteiger partial charge is 0.487 e. The summed E-state index contributed by atoms with van der Waals surface area (Å²) in [5.41, 5.74) is 6.51. The van der Waals surface area contributed by atoms with Gasteiger partial charge < -0.3 is 14.8 Å². The summed E-state index contributed by atoms with van der Waals surface area (Å²) in [6.45, 7) is 4.79. The van der Waals surface area contributed by atoms with Gasteiger partial charge in [0.05, 0.1) is 6.54 Å². The molecule has 1 aliphatic rings. The number of carbonyl (C=O) groups is 1. The van der Waals surface area contributed by atoms with Crippen molar-refractivity contribution >= 4 is 17.7 Å². The number of hydrogen-bond donors (Lipinski definition) is 1. The molecule has 1 atom stereocenters. The number of carbonyl (C=O) groups excluding carboxylic acids is 1. The van der Waals surface area contributed by atoms with E-state index in [1.54, 1.807) is 0 Å². The van der Waals surface area contributed by atoms with Crippen LogP contribution in [0.2, 0.25) is 5.02 Å². The van der Waals surface area contributed by atoms with E-state index in [-0.39, 0.29) is 12.7 Å². The Labute approximate surface area is 181 Å². The normalized spacial score (nSPS) is 14.7. The molecule has 1 N–H and O–H groups in total. The Balaban J connectivity index is 1.43. The molecular formula is C25H24ClNO3. The quantitative estimate of drug-likeness (QED) is 0.561. The molecule has 0 spiro atoms. The molecule has 0 aromatic heterocycles. The van der Waals surface area contributed by atoms with Crippen LogP contribution in [-0.2, 0) is 17.8 Å². The van der Waals surface area contributed by atoms with E-state index in [1.807, 2.05) is 48.5 Å². The van der Waals surface area contributed by atoms with Crippen LogP contribution in [0.4, 0.5) is 4.79 Å². The summed E-state index contributed by atoms with van der Waals surface area (Å²) in [5.74, 6) is 0.848. The van der Waals surface area contributed by atoms with Gasteiger partial charge >= 0.3 is 6.09 Å². The molecule has 4 rings (SSSR count). The molecule has 154 valence electrons. The molecule has 30 heavy (non-hydrogen) atoms. The number of hydrogen-bond acceptors (Lipinski definition) is 3. The highest BCUT2D eigenvalue weighted by Gasteiger charge is 2.28. The van der Waals surface area contributed by atoms with Crippen LogP contribution in [0.25, 0.3) is 11.1 Å². The van der Waals surface area contributed by atoms with E-state index in [0.29, 0.717) is 18.0 Å².